The maximum Gasteiger partial charge on any atom is 0.339 e. The van der Waals surface area contributed by atoms with Crippen molar-refractivity contribution < 1.29 is 38.9 Å². The topological polar surface area (TPSA) is 199 Å². The van der Waals surface area contributed by atoms with Crippen molar-refractivity contribution in [1.82, 2.24) is 26.3 Å². The fourth-order valence-electron chi connectivity index (χ4n) is 5.50. The highest BCUT2D eigenvalue weighted by molar-refractivity contribution is 7.99. The van der Waals surface area contributed by atoms with Crippen molar-refractivity contribution in [3.8, 4) is 11.5 Å². The van der Waals surface area contributed by atoms with Crippen LogP contribution in [-0.4, -0.2) is 82.0 Å². The summed E-state index contributed by atoms with van der Waals surface area (Å²) >= 11 is 9.14. The van der Waals surface area contributed by atoms with Crippen molar-refractivity contribution in [2.75, 3.05) is 25.4 Å². The maximum atomic E-state index is 13.6. The van der Waals surface area contributed by atoms with Gasteiger partial charge in [0.2, 0.25) is 5.91 Å². The van der Waals surface area contributed by atoms with E-state index in [9.17, 15) is 34.2 Å². The average molecular weight is 851 g/mol. The number of hydrogen-bond acceptors (Lipinski definition) is 10. The number of aromatic carboxylic acids is 1. The molecule has 58 heavy (non-hydrogen) atoms. The second kappa shape index (κ2) is 23.0. The van der Waals surface area contributed by atoms with E-state index >= 15 is 0 Å². The minimum atomic E-state index is -1.28. The monoisotopic (exact) mass is 850 g/mol. The highest BCUT2D eigenvalue weighted by atomic mass is 35.5. The Morgan fingerprint density at radius 3 is 2.38 bits per heavy atom. The van der Waals surface area contributed by atoms with E-state index in [4.69, 9.17) is 16.3 Å². The Balaban J connectivity index is 1.38. The second-order valence-electron chi connectivity index (χ2n) is 12.9. The van der Waals surface area contributed by atoms with Crippen LogP contribution in [0.2, 0.25) is 5.02 Å². The summed E-state index contributed by atoms with van der Waals surface area (Å²) in [6.07, 6.45) is 1.02. The van der Waals surface area contributed by atoms with Crippen LogP contribution in [0.15, 0.2) is 84.0 Å². The van der Waals surface area contributed by atoms with Crippen molar-refractivity contribution in [3.63, 3.8) is 0 Å². The number of benzene rings is 3. The standard InChI is InChI=1S/C41H47ClN6O8S2/c1-4-34(45-39(52)37-17-15-31(58-37)22-48(26(3)49)21-28-12-16-36(50)32(20-28)40(53)54)35(25-57-24-29-8-6-7-9-33(29)42)46-47-41(55)44-19-18-27-10-13-30(14-11-27)56-23-38(51)43-5-2/h6-17,20,34,50H,4-5,18-19,21-25H2,1-3H3,(H,43,51)(H,45,52)(H,53,54)(H2,44,47,55)/b46-35+/t34-/m0/s1. The molecule has 0 bridgehead atoms. The Labute approximate surface area is 350 Å². The number of hydrogen-bond donors (Lipinski definition) is 6. The number of thiophene rings is 1. The summed E-state index contributed by atoms with van der Waals surface area (Å²) in [5.74, 6) is -0.931. The molecular formula is C41H47ClN6O8S2. The number of ether oxygens (including phenoxy) is 1. The summed E-state index contributed by atoms with van der Waals surface area (Å²) in [5, 5.41) is 32.9. The number of halogens is 1. The van der Waals surface area contributed by atoms with Crippen LogP contribution in [-0.2, 0) is 34.9 Å². The van der Waals surface area contributed by atoms with Crippen molar-refractivity contribution in [3.05, 3.63) is 116 Å². The molecule has 308 valence electrons. The Bertz CT molecular complexity index is 2080. The first kappa shape index (κ1) is 45.1. The average Bonchev–Trinajstić information content (AvgIpc) is 3.68. The Hall–Kier alpha value is -5.58. The second-order valence-corrected chi connectivity index (χ2v) is 15.5. The van der Waals surface area contributed by atoms with Gasteiger partial charge in [-0.1, -0.05) is 54.9 Å². The van der Waals surface area contributed by atoms with Crippen LogP contribution in [0.25, 0.3) is 0 Å². The normalized spacial score (nSPS) is 11.6. The SMILES string of the molecule is CCNC(=O)COc1ccc(CCNC(=O)N/N=C(\CSCc2ccccc2Cl)[C@H](CC)NC(=O)c2ccc(CN(Cc3ccc(O)c(C(=O)O)c3)C(C)=O)s2)cc1. The Morgan fingerprint density at radius 2 is 1.69 bits per heavy atom. The van der Waals surface area contributed by atoms with Crippen molar-refractivity contribution >= 4 is 70.1 Å². The number of urea groups is 1. The largest absolute Gasteiger partial charge is 0.507 e. The van der Waals surface area contributed by atoms with Gasteiger partial charge in [-0.05, 0) is 78.9 Å². The van der Waals surface area contributed by atoms with E-state index in [1.54, 1.807) is 30.3 Å². The minimum Gasteiger partial charge on any atom is -0.507 e. The van der Waals surface area contributed by atoms with Gasteiger partial charge in [-0.25, -0.2) is 15.0 Å². The summed E-state index contributed by atoms with van der Waals surface area (Å²) in [7, 11) is 0. The van der Waals surface area contributed by atoms with Gasteiger partial charge in [0.25, 0.3) is 11.8 Å². The van der Waals surface area contributed by atoms with E-state index in [1.807, 2.05) is 50.2 Å². The predicted octanol–water partition coefficient (Wildman–Crippen LogP) is 6.21. The van der Waals surface area contributed by atoms with Gasteiger partial charge >= 0.3 is 12.0 Å². The van der Waals surface area contributed by atoms with Crippen LogP contribution in [0.5, 0.6) is 11.5 Å². The molecule has 17 heteroatoms. The van der Waals surface area contributed by atoms with Gasteiger partial charge in [0.05, 0.1) is 23.2 Å². The molecule has 0 unspecified atom stereocenters. The number of carbonyl (C=O) groups excluding carboxylic acids is 4. The first-order valence-corrected chi connectivity index (χ1v) is 20.8. The summed E-state index contributed by atoms with van der Waals surface area (Å²) in [5.41, 5.74) is 5.29. The van der Waals surface area contributed by atoms with Crippen molar-refractivity contribution in [2.24, 2.45) is 5.10 Å². The van der Waals surface area contributed by atoms with Gasteiger partial charge in [-0.3, -0.25) is 14.4 Å². The zero-order chi connectivity index (χ0) is 42.0. The lowest BCUT2D eigenvalue weighted by atomic mass is 10.1. The van der Waals surface area contributed by atoms with Crippen LogP contribution in [0.4, 0.5) is 4.79 Å². The number of amides is 5. The lowest BCUT2D eigenvalue weighted by Gasteiger charge is -2.21. The first-order chi connectivity index (χ1) is 27.9. The Kier molecular flexibility index (Phi) is 17.9. The van der Waals surface area contributed by atoms with E-state index in [-0.39, 0.29) is 48.7 Å². The highest BCUT2D eigenvalue weighted by Gasteiger charge is 2.21. The molecule has 3 aromatic carbocycles. The third-order valence-electron chi connectivity index (χ3n) is 8.59. The molecule has 0 aliphatic carbocycles. The van der Waals surface area contributed by atoms with Crippen LogP contribution in [0.3, 0.4) is 0 Å². The lowest BCUT2D eigenvalue weighted by Crippen LogP contribution is -2.43. The summed E-state index contributed by atoms with van der Waals surface area (Å²) in [6, 6.07) is 21.3. The molecule has 0 saturated heterocycles. The number of thioether (sulfide) groups is 1. The molecule has 0 aliphatic rings. The fraction of sp³-hybridized carbons (Fsp3) is 0.317. The van der Waals surface area contributed by atoms with Gasteiger partial charge < -0.3 is 35.8 Å². The molecule has 6 N–H and O–H groups in total. The number of hydrazone groups is 1. The van der Waals surface area contributed by atoms with Crippen LogP contribution >= 0.6 is 34.7 Å². The number of carbonyl (C=O) groups is 5. The third-order valence-corrected chi connectivity index (χ3v) is 11.0. The van der Waals surface area contributed by atoms with E-state index in [2.05, 4.69) is 26.5 Å². The first-order valence-electron chi connectivity index (χ1n) is 18.5. The van der Waals surface area contributed by atoms with E-state index in [0.717, 1.165) is 16.0 Å². The molecule has 0 spiro atoms. The number of nitrogens with zero attached hydrogens (tertiary/aromatic N) is 2. The summed E-state index contributed by atoms with van der Waals surface area (Å²) in [4.78, 5) is 64.8. The number of rotatable bonds is 21. The number of nitrogens with one attached hydrogen (secondary N) is 4. The molecule has 0 aliphatic heterocycles. The molecular weight excluding hydrogens is 804 g/mol. The molecule has 1 heterocycles. The molecule has 1 atom stereocenters. The molecule has 0 radical (unpaired) electrons. The predicted molar refractivity (Wildman–Crippen MR) is 227 cm³/mol. The highest BCUT2D eigenvalue weighted by Crippen LogP contribution is 2.24. The molecule has 1 aromatic heterocycles. The van der Waals surface area contributed by atoms with E-state index < -0.39 is 18.0 Å². The van der Waals surface area contributed by atoms with Gasteiger partial charge in [-0.15, -0.1) is 11.3 Å². The number of carboxylic acid groups (broad SMARTS) is 1. The maximum absolute atomic E-state index is 13.6. The van der Waals surface area contributed by atoms with Crippen molar-refractivity contribution in [2.45, 2.75) is 58.5 Å². The molecule has 0 fully saturated rings. The molecule has 14 nitrogen and oxygen atoms in total. The van der Waals surface area contributed by atoms with Crippen LogP contribution in [0, 0.1) is 0 Å². The lowest BCUT2D eigenvalue weighted by molar-refractivity contribution is -0.130. The molecule has 0 saturated carbocycles. The molecule has 4 rings (SSSR count). The number of phenols is 1. The van der Waals surface area contributed by atoms with Crippen molar-refractivity contribution in [1.29, 1.82) is 0 Å². The zero-order valence-electron chi connectivity index (χ0n) is 32.4. The minimum absolute atomic E-state index is 0.0706. The molecule has 4 aromatic rings. The number of carboxylic acids is 1. The van der Waals surface area contributed by atoms with Crippen LogP contribution < -0.4 is 26.1 Å². The van der Waals surface area contributed by atoms with E-state index in [1.165, 1.54) is 47.1 Å². The molecule has 5 amide bonds. The van der Waals surface area contributed by atoms with Gasteiger partial charge in [0.1, 0.15) is 17.1 Å². The van der Waals surface area contributed by atoms with Gasteiger partial charge in [-0.2, -0.15) is 16.9 Å². The van der Waals surface area contributed by atoms with Gasteiger partial charge in [0, 0.05) is 48.0 Å². The number of aromatic hydroxyl groups is 1. The Morgan fingerprint density at radius 1 is 0.948 bits per heavy atom. The smallest absolute Gasteiger partial charge is 0.339 e. The third kappa shape index (κ3) is 14.4. The summed E-state index contributed by atoms with van der Waals surface area (Å²) < 4.78 is 5.49. The van der Waals surface area contributed by atoms with E-state index in [0.29, 0.717) is 64.4 Å². The fourth-order valence-corrected chi connectivity index (χ4v) is 7.76. The zero-order valence-corrected chi connectivity index (χ0v) is 34.8. The van der Waals surface area contributed by atoms with Crippen LogP contribution in [0.1, 0.15) is 68.8 Å². The quantitative estimate of drug-likeness (QED) is 0.0417. The summed E-state index contributed by atoms with van der Waals surface area (Å²) in [6.45, 7) is 6.20. The van der Waals surface area contributed by atoms with Gasteiger partial charge in [0.15, 0.2) is 6.61 Å². The number of likely N-dealkylation sites (N-methyl/N-ethyl adjacent to an activating group) is 1.